The first-order valence-corrected chi connectivity index (χ1v) is 15.1. The van der Waals surface area contributed by atoms with E-state index in [-0.39, 0.29) is 24.2 Å². The Labute approximate surface area is 233 Å². The van der Waals surface area contributed by atoms with Crippen molar-refractivity contribution in [1.82, 2.24) is 9.97 Å². The van der Waals surface area contributed by atoms with Crippen LogP contribution in [0.3, 0.4) is 0 Å². The van der Waals surface area contributed by atoms with Crippen LogP contribution in [-0.4, -0.2) is 34.8 Å². The highest BCUT2D eigenvalue weighted by atomic mass is 19.1. The third-order valence-corrected chi connectivity index (χ3v) is 7.58. The van der Waals surface area contributed by atoms with Crippen LogP contribution in [0.5, 0.6) is 5.75 Å². The van der Waals surface area contributed by atoms with Gasteiger partial charge in [0.2, 0.25) is 0 Å². The number of alkyl halides is 1. The Kier molecular flexibility index (Phi) is 13.6. The molecule has 0 bridgehead atoms. The summed E-state index contributed by atoms with van der Waals surface area (Å²) >= 11 is 0. The van der Waals surface area contributed by atoms with E-state index < -0.39 is 18.0 Å². The molecule has 1 aromatic carbocycles. The maximum Gasteiger partial charge on any atom is 0.340 e. The number of ether oxygens (including phenoxy) is 2. The van der Waals surface area contributed by atoms with Crippen LogP contribution in [-0.2, 0) is 16.0 Å². The van der Waals surface area contributed by atoms with Crippen molar-refractivity contribution in [2.24, 2.45) is 5.92 Å². The molecule has 0 N–H and O–H groups in total. The largest absolute Gasteiger partial charge is 0.490 e. The minimum atomic E-state index is -1.53. The number of hydrogen-bond acceptors (Lipinski definition) is 5. The topological polar surface area (TPSA) is 61.3 Å². The normalized spacial score (nSPS) is 18.1. The van der Waals surface area contributed by atoms with Crippen molar-refractivity contribution in [1.29, 1.82) is 0 Å². The van der Waals surface area contributed by atoms with Gasteiger partial charge in [-0.05, 0) is 74.6 Å². The first-order valence-electron chi connectivity index (χ1n) is 15.1. The zero-order valence-electron chi connectivity index (χ0n) is 23.8. The summed E-state index contributed by atoms with van der Waals surface area (Å²) in [5.41, 5.74) is 1.73. The molecule has 0 saturated heterocycles. The van der Waals surface area contributed by atoms with Crippen LogP contribution in [0.25, 0.3) is 11.4 Å². The SMILES string of the molecule is CCCCCCCCCc1cnc(-c2ccc(OC[C@H]3CC[C@H](OC(=O)[C@@H](F)CCCC)CC3)c(F)c2)nc1. The van der Waals surface area contributed by atoms with E-state index in [4.69, 9.17) is 9.47 Å². The highest BCUT2D eigenvalue weighted by Crippen LogP contribution is 2.29. The van der Waals surface area contributed by atoms with Gasteiger partial charge in [0.1, 0.15) is 6.10 Å². The van der Waals surface area contributed by atoms with Crippen molar-refractivity contribution in [2.75, 3.05) is 6.61 Å². The van der Waals surface area contributed by atoms with Crippen molar-refractivity contribution in [3.8, 4) is 17.1 Å². The number of carbonyl (C=O) groups excluding carboxylic acids is 1. The monoisotopic (exact) mass is 544 g/mol. The highest BCUT2D eigenvalue weighted by molar-refractivity contribution is 5.74. The smallest absolute Gasteiger partial charge is 0.340 e. The van der Waals surface area contributed by atoms with Gasteiger partial charge in [-0.2, -0.15) is 0 Å². The summed E-state index contributed by atoms with van der Waals surface area (Å²) in [6.45, 7) is 4.59. The van der Waals surface area contributed by atoms with Gasteiger partial charge in [0.25, 0.3) is 0 Å². The number of aryl methyl sites for hydroxylation is 1. The summed E-state index contributed by atoms with van der Waals surface area (Å²) in [6, 6.07) is 4.83. The molecular formula is C32H46F2N2O3. The van der Waals surface area contributed by atoms with Gasteiger partial charge >= 0.3 is 5.97 Å². The summed E-state index contributed by atoms with van der Waals surface area (Å²) in [4.78, 5) is 20.8. The number of benzene rings is 1. The van der Waals surface area contributed by atoms with Gasteiger partial charge in [-0.1, -0.05) is 65.2 Å². The third kappa shape index (κ3) is 10.8. The van der Waals surface area contributed by atoms with Crippen molar-refractivity contribution >= 4 is 5.97 Å². The molecule has 1 saturated carbocycles. The number of carbonyl (C=O) groups is 1. The summed E-state index contributed by atoms with van der Waals surface area (Å²) in [5.74, 6) is -0.225. The summed E-state index contributed by atoms with van der Waals surface area (Å²) < 4.78 is 39.8. The molecule has 1 heterocycles. The van der Waals surface area contributed by atoms with E-state index in [1.165, 1.54) is 44.6 Å². The molecule has 2 aromatic rings. The zero-order chi connectivity index (χ0) is 27.9. The standard InChI is InChI=1S/C32H46F2N2O3/c1-3-5-7-8-9-10-11-12-25-21-35-31(36-22-25)26-16-19-30(29(34)20-26)38-23-24-14-17-27(18-15-24)39-32(37)28(33)13-6-4-2/h16,19-22,24,27-28H,3-15,17-18,23H2,1-2H3/t24-,27-,28-/m0/s1. The fourth-order valence-corrected chi connectivity index (χ4v) is 5.04. The Morgan fingerprint density at radius 2 is 1.62 bits per heavy atom. The van der Waals surface area contributed by atoms with Gasteiger partial charge in [-0.15, -0.1) is 0 Å². The van der Waals surface area contributed by atoms with E-state index >= 15 is 0 Å². The number of unbranched alkanes of at least 4 members (excludes halogenated alkanes) is 7. The maximum absolute atomic E-state index is 14.8. The van der Waals surface area contributed by atoms with Gasteiger partial charge in [-0.25, -0.2) is 23.5 Å². The first-order chi connectivity index (χ1) is 19.0. The van der Waals surface area contributed by atoms with Crippen LogP contribution in [0, 0.1) is 11.7 Å². The van der Waals surface area contributed by atoms with Gasteiger partial charge < -0.3 is 9.47 Å². The number of aromatic nitrogens is 2. The molecule has 1 aliphatic carbocycles. The minimum Gasteiger partial charge on any atom is -0.490 e. The molecule has 0 unspecified atom stereocenters. The second-order valence-corrected chi connectivity index (χ2v) is 10.9. The third-order valence-electron chi connectivity index (χ3n) is 7.58. The summed E-state index contributed by atoms with van der Waals surface area (Å²) in [5, 5.41) is 0. The Morgan fingerprint density at radius 3 is 2.28 bits per heavy atom. The zero-order valence-corrected chi connectivity index (χ0v) is 23.8. The van der Waals surface area contributed by atoms with Gasteiger partial charge in [0, 0.05) is 18.0 Å². The van der Waals surface area contributed by atoms with Crippen LogP contribution in [0.15, 0.2) is 30.6 Å². The lowest BCUT2D eigenvalue weighted by molar-refractivity contribution is -0.157. The van der Waals surface area contributed by atoms with E-state index in [1.54, 1.807) is 12.1 Å². The fraction of sp³-hybridized carbons (Fsp3) is 0.656. The Hall–Kier alpha value is -2.57. The number of esters is 1. The molecule has 0 aliphatic heterocycles. The molecule has 1 aromatic heterocycles. The Bertz CT molecular complexity index is 978. The second kappa shape index (κ2) is 17.2. The number of rotatable bonds is 17. The van der Waals surface area contributed by atoms with E-state index in [2.05, 4.69) is 16.9 Å². The summed E-state index contributed by atoms with van der Waals surface area (Å²) in [6.07, 6.45) is 16.5. The average molecular weight is 545 g/mol. The van der Waals surface area contributed by atoms with Crippen molar-refractivity contribution in [3.05, 3.63) is 42.0 Å². The molecule has 5 nitrogen and oxygen atoms in total. The lowest BCUT2D eigenvalue weighted by Gasteiger charge is -2.28. The summed E-state index contributed by atoms with van der Waals surface area (Å²) in [7, 11) is 0. The lowest BCUT2D eigenvalue weighted by atomic mass is 9.88. The predicted octanol–water partition coefficient (Wildman–Crippen LogP) is 8.58. The minimum absolute atomic E-state index is 0.207. The Morgan fingerprint density at radius 1 is 0.949 bits per heavy atom. The molecule has 39 heavy (non-hydrogen) atoms. The van der Waals surface area contributed by atoms with Gasteiger partial charge in [0.05, 0.1) is 6.61 Å². The molecule has 3 rings (SSSR count). The molecule has 1 atom stereocenters. The molecule has 0 spiro atoms. The predicted molar refractivity (Wildman–Crippen MR) is 151 cm³/mol. The number of halogens is 2. The van der Waals surface area contributed by atoms with Gasteiger partial charge in [-0.3, -0.25) is 0 Å². The second-order valence-electron chi connectivity index (χ2n) is 10.9. The lowest BCUT2D eigenvalue weighted by Crippen LogP contribution is -2.30. The molecule has 0 radical (unpaired) electrons. The van der Waals surface area contributed by atoms with Crippen molar-refractivity contribution < 1.29 is 23.0 Å². The average Bonchev–Trinajstić information content (AvgIpc) is 2.95. The van der Waals surface area contributed by atoms with E-state index in [1.807, 2.05) is 19.3 Å². The highest BCUT2D eigenvalue weighted by Gasteiger charge is 2.27. The van der Waals surface area contributed by atoms with Crippen LogP contribution >= 0.6 is 0 Å². The van der Waals surface area contributed by atoms with Crippen LogP contribution < -0.4 is 4.74 Å². The number of nitrogens with zero attached hydrogens (tertiary/aromatic N) is 2. The molecule has 0 amide bonds. The van der Waals surface area contributed by atoms with Crippen LogP contribution in [0.1, 0.15) is 109 Å². The van der Waals surface area contributed by atoms with Crippen LogP contribution in [0.4, 0.5) is 8.78 Å². The fourth-order valence-electron chi connectivity index (χ4n) is 5.04. The Balaban J connectivity index is 1.38. The maximum atomic E-state index is 14.8. The number of hydrogen-bond donors (Lipinski definition) is 0. The first kappa shape index (κ1) is 31.0. The van der Waals surface area contributed by atoms with Gasteiger partial charge in [0.15, 0.2) is 23.6 Å². The van der Waals surface area contributed by atoms with Crippen molar-refractivity contribution in [3.63, 3.8) is 0 Å². The van der Waals surface area contributed by atoms with Crippen LogP contribution in [0.2, 0.25) is 0 Å². The molecule has 1 aliphatic rings. The van der Waals surface area contributed by atoms with Crippen molar-refractivity contribution in [2.45, 2.75) is 122 Å². The van der Waals surface area contributed by atoms with E-state index in [9.17, 15) is 13.6 Å². The van der Waals surface area contributed by atoms with E-state index in [0.717, 1.165) is 37.7 Å². The molecule has 7 heteroatoms. The molecule has 1 fully saturated rings. The van der Waals surface area contributed by atoms with E-state index in [0.29, 0.717) is 37.3 Å². The molecular weight excluding hydrogens is 498 g/mol. The quantitative estimate of drug-likeness (QED) is 0.147. The molecule has 216 valence electrons.